The van der Waals surface area contributed by atoms with Crippen molar-refractivity contribution in [2.45, 2.75) is 128 Å². The van der Waals surface area contributed by atoms with Crippen molar-refractivity contribution >= 4 is 0 Å². The molecule has 0 bridgehead atoms. The van der Waals surface area contributed by atoms with Crippen LogP contribution in [0.15, 0.2) is 30.3 Å². The number of rotatable bonds is 13. The van der Waals surface area contributed by atoms with Crippen molar-refractivity contribution in [3.8, 4) is 5.75 Å². The van der Waals surface area contributed by atoms with E-state index in [-0.39, 0.29) is 23.8 Å². The van der Waals surface area contributed by atoms with Gasteiger partial charge in [0.2, 0.25) is 0 Å². The molecule has 0 N–H and O–H groups in total. The monoisotopic (exact) mass is 544 g/mol. The van der Waals surface area contributed by atoms with E-state index in [0.717, 1.165) is 69.8 Å². The largest absolute Gasteiger partial charge is 0.491 e. The van der Waals surface area contributed by atoms with Gasteiger partial charge in [0, 0.05) is 0 Å². The highest BCUT2D eigenvalue weighted by molar-refractivity contribution is 5.32. The molecule has 0 heterocycles. The second-order valence-electron chi connectivity index (χ2n) is 12.0. The third-order valence-corrected chi connectivity index (χ3v) is 8.95. The fourth-order valence-electron chi connectivity index (χ4n) is 6.35. The Hall–Kier alpha value is -2.01. The summed E-state index contributed by atoms with van der Waals surface area (Å²) in [6.45, 7) is 5.31. The lowest BCUT2D eigenvalue weighted by Gasteiger charge is -2.30. The Bertz CT molecular complexity index is 1020. The van der Waals surface area contributed by atoms with E-state index in [0.29, 0.717) is 36.0 Å². The first-order valence-electron chi connectivity index (χ1n) is 15.5. The first-order chi connectivity index (χ1) is 19.0. The van der Waals surface area contributed by atoms with E-state index in [1.54, 1.807) is 6.07 Å². The van der Waals surface area contributed by atoms with Crippen LogP contribution in [-0.2, 0) is 11.3 Å². The van der Waals surface area contributed by atoms with E-state index < -0.39 is 11.6 Å². The van der Waals surface area contributed by atoms with E-state index in [1.807, 2.05) is 18.2 Å². The normalized spacial score (nSPS) is 23.6. The van der Waals surface area contributed by atoms with Gasteiger partial charge in [-0.3, -0.25) is 0 Å². The van der Waals surface area contributed by atoms with Crippen molar-refractivity contribution in [2.75, 3.05) is 6.61 Å². The van der Waals surface area contributed by atoms with Gasteiger partial charge in [0.1, 0.15) is 0 Å². The number of benzene rings is 2. The minimum absolute atomic E-state index is 0.0142. The summed E-state index contributed by atoms with van der Waals surface area (Å²) in [5, 5.41) is 0. The Kier molecular flexibility index (Phi) is 11.6. The van der Waals surface area contributed by atoms with Crippen LogP contribution in [0.5, 0.6) is 5.75 Å². The summed E-state index contributed by atoms with van der Waals surface area (Å²) in [4.78, 5) is 0. The molecule has 2 nitrogen and oxygen atoms in total. The lowest BCUT2D eigenvalue weighted by atomic mass is 9.77. The molecular formula is C34H47F3O2. The fraction of sp³-hybridized carbons (Fsp3) is 0.647. The summed E-state index contributed by atoms with van der Waals surface area (Å²) in [7, 11) is 0. The van der Waals surface area contributed by atoms with Crippen molar-refractivity contribution in [3.63, 3.8) is 0 Å². The van der Waals surface area contributed by atoms with Crippen LogP contribution in [0.1, 0.15) is 132 Å². The predicted octanol–water partition coefficient (Wildman–Crippen LogP) is 10.4. The SMILES string of the molecule is CCCCCCCCOc1ccc(COC2CCC(c3ccc(C4CCC(C)CC4)c(F)c3F)CC2)cc1F. The molecule has 0 aliphatic heterocycles. The molecule has 2 aliphatic rings. The van der Waals surface area contributed by atoms with Gasteiger partial charge in [-0.15, -0.1) is 0 Å². The molecular weight excluding hydrogens is 497 g/mol. The highest BCUT2D eigenvalue weighted by Gasteiger charge is 2.29. The Morgan fingerprint density at radius 1 is 0.718 bits per heavy atom. The first kappa shape index (κ1) is 30.0. The van der Waals surface area contributed by atoms with E-state index in [9.17, 15) is 4.39 Å². The number of ether oxygens (including phenoxy) is 2. The molecule has 2 aliphatic carbocycles. The maximum Gasteiger partial charge on any atom is 0.165 e. The first-order valence-corrected chi connectivity index (χ1v) is 15.5. The van der Waals surface area contributed by atoms with Gasteiger partial charge in [0.25, 0.3) is 0 Å². The average molecular weight is 545 g/mol. The number of halogens is 3. The van der Waals surface area contributed by atoms with Crippen LogP contribution < -0.4 is 4.74 Å². The molecule has 2 aromatic rings. The van der Waals surface area contributed by atoms with Crippen molar-refractivity contribution < 1.29 is 22.6 Å². The molecule has 39 heavy (non-hydrogen) atoms. The van der Waals surface area contributed by atoms with E-state index >= 15 is 8.78 Å². The van der Waals surface area contributed by atoms with Crippen LogP contribution in [-0.4, -0.2) is 12.7 Å². The smallest absolute Gasteiger partial charge is 0.165 e. The highest BCUT2D eigenvalue weighted by Crippen LogP contribution is 2.40. The summed E-state index contributed by atoms with van der Waals surface area (Å²) in [6, 6.07) is 8.72. The van der Waals surface area contributed by atoms with Gasteiger partial charge in [-0.25, -0.2) is 13.2 Å². The van der Waals surface area contributed by atoms with Gasteiger partial charge in [-0.2, -0.15) is 0 Å². The molecule has 2 saturated carbocycles. The Morgan fingerprint density at radius 2 is 1.31 bits per heavy atom. The molecule has 2 aromatic carbocycles. The minimum atomic E-state index is -0.648. The van der Waals surface area contributed by atoms with Crippen LogP contribution in [0.2, 0.25) is 0 Å². The predicted molar refractivity (Wildman–Crippen MR) is 152 cm³/mol. The van der Waals surface area contributed by atoms with Crippen molar-refractivity contribution in [3.05, 3.63) is 64.5 Å². The zero-order chi connectivity index (χ0) is 27.6. The maximum absolute atomic E-state index is 15.1. The topological polar surface area (TPSA) is 18.5 Å². The zero-order valence-corrected chi connectivity index (χ0v) is 24.0. The van der Waals surface area contributed by atoms with Crippen molar-refractivity contribution in [1.29, 1.82) is 0 Å². The van der Waals surface area contributed by atoms with Crippen molar-refractivity contribution in [2.24, 2.45) is 5.92 Å². The second kappa shape index (κ2) is 15.1. The van der Waals surface area contributed by atoms with E-state index in [2.05, 4.69) is 13.8 Å². The number of hydrogen-bond donors (Lipinski definition) is 0. The van der Waals surface area contributed by atoms with Crippen LogP contribution >= 0.6 is 0 Å². The molecule has 4 rings (SSSR count). The van der Waals surface area contributed by atoms with Crippen LogP contribution in [0.3, 0.4) is 0 Å². The van der Waals surface area contributed by atoms with Gasteiger partial charge in [0.05, 0.1) is 19.3 Å². The molecule has 0 atom stereocenters. The summed E-state index contributed by atoms with van der Waals surface area (Å²) in [5.41, 5.74) is 1.85. The molecule has 216 valence electrons. The van der Waals surface area contributed by atoms with Crippen LogP contribution in [0.4, 0.5) is 13.2 Å². The molecule has 0 amide bonds. The molecule has 2 fully saturated rings. The van der Waals surface area contributed by atoms with E-state index in [4.69, 9.17) is 9.47 Å². The van der Waals surface area contributed by atoms with Crippen LogP contribution in [0, 0.1) is 23.4 Å². The number of unbranched alkanes of at least 4 members (excludes halogenated alkanes) is 5. The molecule has 0 unspecified atom stereocenters. The molecule has 0 saturated heterocycles. The van der Waals surface area contributed by atoms with Crippen LogP contribution in [0.25, 0.3) is 0 Å². The molecule has 0 aromatic heterocycles. The Balaban J connectivity index is 1.20. The molecule has 5 heteroatoms. The van der Waals surface area contributed by atoms with Gasteiger partial charge in [-0.1, -0.05) is 77.0 Å². The minimum Gasteiger partial charge on any atom is -0.491 e. The van der Waals surface area contributed by atoms with Gasteiger partial charge in [-0.05, 0) is 91.5 Å². The maximum atomic E-state index is 15.1. The highest BCUT2D eigenvalue weighted by atomic mass is 19.2. The van der Waals surface area contributed by atoms with E-state index in [1.165, 1.54) is 31.7 Å². The lowest BCUT2D eigenvalue weighted by Crippen LogP contribution is -2.22. The third kappa shape index (κ3) is 8.49. The number of hydrogen-bond acceptors (Lipinski definition) is 2. The summed E-state index contributed by atoms with van der Waals surface area (Å²) in [6.07, 6.45) is 14.2. The van der Waals surface area contributed by atoms with Crippen molar-refractivity contribution in [1.82, 2.24) is 0 Å². The standard InChI is InChI=1S/C34H47F3O2/c1-3-4-5-6-7-8-21-38-32-20-11-25(22-31(32)35)23-39-28-16-14-27(15-17-28)30-19-18-29(33(36)34(30)37)26-12-9-24(2)10-13-26/h11,18-20,22,24,26-28H,3-10,12-17,21,23H2,1-2H3. The Labute approximate surface area is 233 Å². The lowest BCUT2D eigenvalue weighted by molar-refractivity contribution is 0.0130. The summed E-state index contributed by atoms with van der Waals surface area (Å²) < 4.78 is 56.4. The quantitative estimate of drug-likeness (QED) is 0.234. The third-order valence-electron chi connectivity index (χ3n) is 8.95. The van der Waals surface area contributed by atoms with Gasteiger partial charge in [0.15, 0.2) is 23.2 Å². The summed E-state index contributed by atoms with van der Waals surface area (Å²) >= 11 is 0. The van der Waals surface area contributed by atoms with Gasteiger partial charge >= 0.3 is 0 Å². The average Bonchev–Trinajstić information content (AvgIpc) is 2.95. The second-order valence-corrected chi connectivity index (χ2v) is 12.0. The fourth-order valence-corrected chi connectivity index (χ4v) is 6.35. The molecule has 0 spiro atoms. The summed E-state index contributed by atoms with van der Waals surface area (Å²) in [5.74, 6) is -0.504. The molecule has 0 radical (unpaired) electrons. The Morgan fingerprint density at radius 3 is 1.92 bits per heavy atom. The van der Waals surface area contributed by atoms with Gasteiger partial charge < -0.3 is 9.47 Å². The zero-order valence-electron chi connectivity index (χ0n) is 24.0.